The molecule has 0 radical (unpaired) electrons. The number of amides is 1. The Bertz CT molecular complexity index is 1110. The minimum atomic E-state index is -0.667. The van der Waals surface area contributed by atoms with Gasteiger partial charge in [-0.3, -0.25) is 9.59 Å². The number of unbranched alkanes of at least 4 members (excludes halogenated alkanes) is 45. The molecule has 0 saturated heterocycles. The maximum Gasteiger partial charge on any atom is 0.305 e. The van der Waals surface area contributed by atoms with Crippen LogP contribution in [-0.2, 0) is 14.3 Å². The van der Waals surface area contributed by atoms with Gasteiger partial charge in [0, 0.05) is 12.8 Å². The van der Waals surface area contributed by atoms with Crippen molar-refractivity contribution in [1.82, 2.24) is 5.32 Å². The van der Waals surface area contributed by atoms with Crippen LogP contribution in [0, 0.1) is 0 Å². The molecule has 3 N–H and O–H groups in total. The number of allylic oxidation sites excluding steroid dienone is 4. The standard InChI is InChI=1S/C65H125NO5/c1-3-5-7-9-11-13-15-17-19-27-31-35-39-43-47-51-55-59-65(70)71-60-56-52-48-44-40-36-32-29-26-24-22-20-21-23-25-28-30-34-38-42-46-50-54-58-64(69)66-62(61-67)63(68)57-53-49-45-41-37-33-18-16-14-12-10-8-6-4-2/h17,19,23,25,62-63,67-68H,3-16,18,20-22,24,26-61H2,1-2H3,(H,66,69)/b19-17-,25-23-. The van der Waals surface area contributed by atoms with E-state index in [-0.39, 0.29) is 18.5 Å². The van der Waals surface area contributed by atoms with Gasteiger partial charge in [-0.05, 0) is 77.0 Å². The third-order valence-corrected chi connectivity index (χ3v) is 15.0. The van der Waals surface area contributed by atoms with Crippen molar-refractivity contribution in [3.8, 4) is 0 Å². The molecule has 0 spiro atoms. The number of rotatable bonds is 60. The summed E-state index contributed by atoms with van der Waals surface area (Å²) in [5.74, 6) is -0.0310. The summed E-state index contributed by atoms with van der Waals surface area (Å²) in [6.07, 6.45) is 74.8. The number of carbonyl (C=O) groups excluding carboxylic acids is 2. The lowest BCUT2D eigenvalue weighted by molar-refractivity contribution is -0.143. The largest absolute Gasteiger partial charge is 0.466 e. The highest BCUT2D eigenvalue weighted by Gasteiger charge is 2.20. The molecule has 6 heteroatoms. The first-order chi connectivity index (χ1) is 35.0. The van der Waals surface area contributed by atoms with Crippen LogP contribution < -0.4 is 5.32 Å². The molecule has 71 heavy (non-hydrogen) atoms. The number of carbonyl (C=O) groups is 2. The highest BCUT2D eigenvalue weighted by atomic mass is 16.5. The average Bonchev–Trinajstić information content (AvgIpc) is 3.37. The molecule has 0 aliphatic heterocycles. The minimum Gasteiger partial charge on any atom is -0.466 e. The van der Waals surface area contributed by atoms with Gasteiger partial charge in [0.1, 0.15) is 0 Å². The second kappa shape index (κ2) is 60.9. The van der Waals surface area contributed by atoms with E-state index in [4.69, 9.17) is 4.74 Å². The Morgan fingerprint density at radius 2 is 0.662 bits per heavy atom. The Balaban J connectivity index is 3.39. The lowest BCUT2D eigenvalue weighted by Crippen LogP contribution is -2.45. The number of hydrogen-bond donors (Lipinski definition) is 3. The van der Waals surface area contributed by atoms with Crippen LogP contribution in [0.25, 0.3) is 0 Å². The van der Waals surface area contributed by atoms with Gasteiger partial charge in [0.2, 0.25) is 5.91 Å². The molecule has 0 rings (SSSR count). The number of nitrogens with one attached hydrogen (secondary N) is 1. The van der Waals surface area contributed by atoms with Crippen molar-refractivity contribution in [3.63, 3.8) is 0 Å². The van der Waals surface area contributed by atoms with Crippen molar-refractivity contribution in [2.75, 3.05) is 13.2 Å². The molecule has 0 bridgehead atoms. The molecular weight excluding hydrogens is 875 g/mol. The number of ether oxygens (including phenoxy) is 1. The van der Waals surface area contributed by atoms with E-state index in [0.717, 1.165) is 44.9 Å². The van der Waals surface area contributed by atoms with Crippen molar-refractivity contribution >= 4 is 11.9 Å². The van der Waals surface area contributed by atoms with Gasteiger partial charge in [0.15, 0.2) is 0 Å². The summed E-state index contributed by atoms with van der Waals surface area (Å²) in [7, 11) is 0. The fourth-order valence-corrected chi connectivity index (χ4v) is 10.0. The predicted octanol–water partition coefficient (Wildman–Crippen LogP) is 20.2. The third kappa shape index (κ3) is 57.5. The van der Waals surface area contributed by atoms with Crippen LogP contribution in [0.2, 0.25) is 0 Å². The van der Waals surface area contributed by atoms with Crippen LogP contribution in [0.15, 0.2) is 24.3 Å². The predicted molar refractivity (Wildman–Crippen MR) is 310 cm³/mol. The molecule has 420 valence electrons. The number of aliphatic hydroxyl groups excluding tert-OH is 2. The summed E-state index contributed by atoms with van der Waals surface area (Å²) < 4.78 is 5.49. The molecule has 2 unspecified atom stereocenters. The number of esters is 1. The van der Waals surface area contributed by atoms with E-state index < -0.39 is 12.1 Å². The highest BCUT2D eigenvalue weighted by Crippen LogP contribution is 2.18. The van der Waals surface area contributed by atoms with E-state index in [9.17, 15) is 19.8 Å². The van der Waals surface area contributed by atoms with Gasteiger partial charge < -0.3 is 20.3 Å². The first-order valence-corrected chi connectivity index (χ1v) is 32.1. The zero-order chi connectivity index (χ0) is 51.4. The van der Waals surface area contributed by atoms with Crippen LogP contribution in [0.1, 0.15) is 354 Å². The van der Waals surface area contributed by atoms with Crippen LogP contribution in [-0.4, -0.2) is 47.4 Å². The molecule has 0 heterocycles. The maximum atomic E-state index is 12.5. The van der Waals surface area contributed by atoms with E-state index in [2.05, 4.69) is 43.5 Å². The highest BCUT2D eigenvalue weighted by molar-refractivity contribution is 5.76. The number of aliphatic hydroxyl groups is 2. The third-order valence-electron chi connectivity index (χ3n) is 15.0. The zero-order valence-corrected chi connectivity index (χ0v) is 48.0. The van der Waals surface area contributed by atoms with Gasteiger partial charge in [-0.25, -0.2) is 0 Å². The molecule has 0 aromatic heterocycles. The summed E-state index contributed by atoms with van der Waals surface area (Å²) in [6.45, 7) is 4.96. The summed E-state index contributed by atoms with van der Waals surface area (Å²) in [6, 6.07) is -0.545. The Kier molecular flexibility index (Phi) is 59.5. The summed E-state index contributed by atoms with van der Waals surface area (Å²) in [5, 5.41) is 23.3. The second-order valence-electron chi connectivity index (χ2n) is 22.1. The quantitative estimate of drug-likeness (QED) is 0.0320. The van der Waals surface area contributed by atoms with Crippen LogP contribution in [0.4, 0.5) is 0 Å². The molecule has 1 amide bonds. The van der Waals surface area contributed by atoms with E-state index in [1.54, 1.807) is 0 Å². The second-order valence-corrected chi connectivity index (χ2v) is 22.1. The van der Waals surface area contributed by atoms with Crippen LogP contribution in [0.5, 0.6) is 0 Å². The Hall–Kier alpha value is -1.66. The monoisotopic (exact) mass is 1000 g/mol. The zero-order valence-electron chi connectivity index (χ0n) is 48.0. The average molecular weight is 1000 g/mol. The fourth-order valence-electron chi connectivity index (χ4n) is 10.0. The summed E-state index contributed by atoms with van der Waals surface area (Å²) >= 11 is 0. The van der Waals surface area contributed by atoms with Crippen molar-refractivity contribution in [2.24, 2.45) is 0 Å². The normalized spacial score (nSPS) is 12.7. The lowest BCUT2D eigenvalue weighted by Gasteiger charge is -2.22. The van der Waals surface area contributed by atoms with Crippen molar-refractivity contribution < 1.29 is 24.5 Å². The molecule has 6 nitrogen and oxygen atoms in total. The minimum absolute atomic E-state index is 0.00865. The van der Waals surface area contributed by atoms with Crippen LogP contribution in [0.3, 0.4) is 0 Å². The van der Waals surface area contributed by atoms with Crippen molar-refractivity contribution in [2.45, 2.75) is 366 Å². The molecule has 0 aliphatic rings. The molecule has 0 fully saturated rings. The fraction of sp³-hybridized carbons (Fsp3) is 0.908. The van der Waals surface area contributed by atoms with E-state index >= 15 is 0 Å². The molecular formula is C65H125NO5. The Labute approximate surface area is 443 Å². The van der Waals surface area contributed by atoms with Crippen molar-refractivity contribution in [3.05, 3.63) is 24.3 Å². The van der Waals surface area contributed by atoms with Crippen LogP contribution >= 0.6 is 0 Å². The molecule has 0 saturated carbocycles. The van der Waals surface area contributed by atoms with Crippen molar-refractivity contribution in [1.29, 1.82) is 0 Å². The maximum absolute atomic E-state index is 12.5. The van der Waals surface area contributed by atoms with E-state index in [1.165, 1.54) is 276 Å². The first kappa shape index (κ1) is 69.3. The lowest BCUT2D eigenvalue weighted by atomic mass is 10.0. The Morgan fingerprint density at radius 1 is 0.380 bits per heavy atom. The van der Waals surface area contributed by atoms with Gasteiger partial charge in [-0.15, -0.1) is 0 Å². The first-order valence-electron chi connectivity index (χ1n) is 32.1. The number of hydrogen-bond acceptors (Lipinski definition) is 5. The summed E-state index contributed by atoms with van der Waals surface area (Å²) in [5.41, 5.74) is 0. The van der Waals surface area contributed by atoms with Gasteiger partial charge >= 0.3 is 5.97 Å². The topological polar surface area (TPSA) is 95.9 Å². The molecule has 0 aromatic carbocycles. The van der Waals surface area contributed by atoms with Gasteiger partial charge in [-0.1, -0.05) is 289 Å². The van der Waals surface area contributed by atoms with Gasteiger partial charge in [0.05, 0.1) is 25.4 Å². The molecule has 0 aromatic rings. The van der Waals surface area contributed by atoms with Gasteiger partial charge in [0.25, 0.3) is 0 Å². The van der Waals surface area contributed by atoms with E-state index in [1.807, 2.05) is 0 Å². The molecule has 2 atom stereocenters. The Morgan fingerprint density at radius 3 is 1.00 bits per heavy atom. The van der Waals surface area contributed by atoms with Gasteiger partial charge in [-0.2, -0.15) is 0 Å². The van der Waals surface area contributed by atoms with E-state index in [0.29, 0.717) is 25.9 Å². The smallest absolute Gasteiger partial charge is 0.305 e. The molecule has 0 aliphatic carbocycles. The SMILES string of the molecule is CCCCCCCC/C=C\CCCCCCCCCC(=O)OCCCCCCCCCCCCCC/C=C\CCCCCCCCCC(=O)NC(CO)C(O)CCCCCCCCCCCCCCCC. The summed E-state index contributed by atoms with van der Waals surface area (Å²) in [4.78, 5) is 24.6.